The van der Waals surface area contributed by atoms with E-state index in [1.807, 2.05) is 0 Å². The minimum absolute atomic E-state index is 0.0225. The summed E-state index contributed by atoms with van der Waals surface area (Å²) in [5.74, 6) is 0.527. The van der Waals surface area contributed by atoms with Gasteiger partial charge >= 0.3 is 5.97 Å². The van der Waals surface area contributed by atoms with Gasteiger partial charge in [0.1, 0.15) is 18.0 Å². The van der Waals surface area contributed by atoms with Gasteiger partial charge in [0, 0.05) is 26.1 Å². The Hall–Kier alpha value is -3.09. The van der Waals surface area contributed by atoms with Crippen LogP contribution in [0, 0.1) is 18.8 Å². The number of esters is 1. The molecule has 1 rings (SSSR count). The van der Waals surface area contributed by atoms with Crippen molar-refractivity contribution < 1.29 is 33.4 Å². The van der Waals surface area contributed by atoms with Crippen LogP contribution in [0.5, 0.6) is 0 Å². The van der Waals surface area contributed by atoms with Crippen molar-refractivity contribution in [3.8, 4) is 0 Å². The number of nitrogens with one attached hydrogen (secondary N) is 3. The van der Waals surface area contributed by atoms with E-state index in [1.165, 1.54) is 50.6 Å². The standard InChI is InChI=1S/C16H33NO3.C8H8N2O2S.C5H9NO2/c1-5-7-15(9-8-14(3)6-2)12-17-16(18)13-20-11-10-19-4;1-5(3-11)9-8(12)7-4-13-6(2)10-7;1-4(6-2)5(7)8-3/h14-15H,5-13H2,1-4H3,(H,17,18);3-4H,1H2,2H3,(H,9,12);6H,1H2,2-3H3. The molecule has 2 unspecified atom stereocenters. The molecule has 0 aliphatic rings. The molecule has 0 aliphatic carbocycles. The maximum absolute atomic E-state index is 11.6. The predicted molar refractivity (Wildman–Crippen MR) is 163 cm³/mol. The molecule has 0 aliphatic heterocycles. The van der Waals surface area contributed by atoms with Crippen LogP contribution in [0.3, 0.4) is 0 Å². The minimum Gasteiger partial charge on any atom is -0.464 e. The number of aryl methyl sites for hydroxylation is 1. The smallest absolute Gasteiger partial charge is 0.353 e. The fourth-order valence-corrected chi connectivity index (χ4v) is 3.62. The first-order chi connectivity index (χ1) is 19.5. The van der Waals surface area contributed by atoms with Crippen molar-refractivity contribution >= 4 is 35.4 Å². The van der Waals surface area contributed by atoms with E-state index < -0.39 is 11.9 Å². The molecule has 0 aromatic carbocycles. The van der Waals surface area contributed by atoms with Crippen LogP contribution < -0.4 is 16.0 Å². The molecule has 234 valence electrons. The lowest BCUT2D eigenvalue weighted by atomic mass is 9.92. The summed E-state index contributed by atoms with van der Waals surface area (Å²) in [7, 11) is 4.54. The van der Waals surface area contributed by atoms with Gasteiger partial charge in [-0.05, 0) is 31.6 Å². The third-order valence-electron chi connectivity index (χ3n) is 5.72. The van der Waals surface area contributed by atoms with Gasteiger partial charge in [0.05, 0.1) is 31.0 Å². The molecule has 41 heavy (non-hydrogen) atoms. The van der Waals surface area contributed by atoms with Gasteiger partial charge in [-0.1, -0.05) is 53.2 Å². The molecule has 12 heteroatoms. The van der Waals surface area contributed by atoms with Gasteiger partial charge in [0.25, 0.3) is 5.91 Å². The van der Waals surface area contributed by atoms with E-state index in [1.54, 1.807) is 26.5 Å². The maximum Gasteiger partial charge on any atom is 0.353 e. The van der Waals surface area contributed by atoms with E-state index in [4.69, 9.17) is 9.47 Å². The first-order valence-electron chi connectivity index (χ1n) is 13.6. The fraction of sp³-hybridized carbons (Fsp3) is 0.621. The summed E-state index contributed by atoms with van der Waals surface area (Å²) in [6.45, 7) is 17.1. The number of methoxy groups -OCH3 is 2. The number of rotatable bonds is 18. The zero-order valence-electron chi connectivity index (χ0n) is 25.8. The van der Waals surface area contributed by atoms with Crippen molar-refractivity contribution in [1.29, 1.82) is 0 Å². The van der Waals surface area contributed by atoms with Gasteiger partial charge in [0.2, 0.25) is 5.91 Å². The van der Waals surface area contributed by atoms with Crippen molar-refractivity contribution in [3.05, 3.63) is 40.6 Å². The number of aldehydes is 1. The number of amides is 2. The Labute approximate surface area is 249 Å². The molecule has 2 atom stereocenters. The van der Waals surface area contributed by atoms with E-state index in [0.717, 1.165) is 17.5 Å². The summed E-state index contributed by atoms with van der Waals surface area (Å²) in [4.78, 5) is 47.3. The SMILES string of the molecule is C=C(C=O)NC(=O)c1csc(C)n1.C=C(NC)C(=O)OC.CCCC(CCC(C)CC)CNC(=O)COCCOC. The zero-order chi connectivity index (χ0) is 31.6. The molecule has 0 spiro atoms. The Bertz CT molecular complexity index is 907. The summed E-state index contributed by atoms with van der Waals surface area (Å²) in [6, 6.07) is 0. The Morgan fingerprint density at radius 1 is 1.12 bits per heavy atom. The van der Waals surface area contributed by atoms with Gasteiger partial charge in [-0.2, -0.15) is 0 Å². The highest BCUT2D eigenvalue weighted by molar-refractivity contribution is 7.09. The van der Waals surface area contributed by atoms with E-state index >= 15 is 0 Å². The molecule has 2 amide bonds. The van der Waals surface area contributed by atoms with Crippen LogP contribution in [-0.2, 0) is 28.6 Å². The van der Waals surface area contributed by atoms with E-state index in [2.05, 4.69) is 59.6 Å². The average molecular weight is 599 g/mol. The molecule has 1 heterocycles. The zero-order valence-corrected chi connectivity index (χ0v) is 26.6. The number of carbonyl (C=O) groups is 4. The Kier molecular flexibility index (Phi) is 25.3. The topological polar surface area (TPSA) is 145 Å². The summed E-state index contributed by atoms with van der Waals surface area (Å²) in [5, 5.41) is 10.3. The van der Waals surface area contributed by atoms with Crippen LogP contribution >= 0.6 is 11.3 Å². The third-order valence-corrected chi connectivity index (χ3v) is 6.49. The molecule has 0 bridgehead atoms. The van der Waals surface area contributed by atoms with Crippen LogP contribution in [0.25, 0.3) is 0 Å². The normalized spacial score (nSPS) is 11.3. The second-order valence-electron chi connectivity index (χ2n) is 9.16. The van der Waals surface area contributed by atoms with Crippen LogP contribution in [-0.4, -0.2) is 76.7 Å². The molecule has 3 N–H and O–H groups in total. The van der Waals surface area contributed by atoms with Crippen molar-refractivity contribution in [3.63, 3.8) is 0 Å². The van der Waals surface area contributed by atoms with Crippen LogP contribution in [0.4, 0.5) is 0 Å². The number of likely N-dealkylation sites (N-methyl/N-ethyl adjacent to an activating group) is 1. The number of aromatic nitrogens is 1. The highest BCUT2D eigenvalue weighted by atomic mass is 32.1. The quantitative estimate of drug-likeness (QED) is 0.0994. The van der Waals surface area contributed by atoms with Crippen molar-refractivity contribution in [2.24, 2.45) is 11.8 Å². The molecular formula is C29H50N4O7S. The van der Waals surface area contributed by atoms with Crippen LogP contribution in [0.2, 0.25) is 0 Å². The first-order valence-corrected chi connectivity index (χ1v) is 14.5. The predicted octanol–water partition coefficient (Wildman–Crippen LogP) is 3.79. The lowest BCUT2D eigenvalue weighted by molar-refractivity contribution is -0.136. The highest BCUT2D eigenvalue weighted by Crippen LogP contribution is 2.18. The van der Waals surface area contributed by atoms with E-state index in [9.17, 15) is 19.2 Å². The number of hydrogen-bond acceptors (Lipinski definition) is 10. The van der Waals surface area contributed by atoms with Crippen LogP contribution in [0.1, 0.15) is 68.4 Å². The fourth-order valence-electron chi connectivity index (χ4n) is 3.03. The number of carbonyl (C=O) groups excluding carboxylic acids is 4. The van der Waals surface area contributed by atoms with Gasteiger partial charge in [0.15, 0.2) is 6.29 Å². The van der Waals surface area contributed by atoms with Crippen molar-refractivity contribution in [1.82, 2.24) is 20.9 Å². The lowest BCUT2D eigenvalue weighted by Crippen LogP contribution is -2.32. The molecule has 1 aromatic rings. The maximum atomic E-state index is 11.6. The Balaban J connectivity index is 0. The number of thiazole rings is 1. The minimum atomic E-state index is -0.424. The van der Waals surface area contributed by atoms with E-state index in [0.29, 0.717) is 31.1 Å². The third kappa shape index (κ3) is 22.3. The molecule has 1 aromatic heterocycles. The van der Waals surface area contributed by atoms with Crippen molar-refractivity contribution in [2.45, 2.75) is 59.8 Å². The van der Waals surface area contributed by atoms with Crippen LogP contribution in [0.15, 0.2) is 29.9 Å². The first kappa shape index (κ1) is 40.1. The number of ether oxygens (including phenoxy) is 3. The number of hydrogen-bond donors (Lipinski definition) is 3. The summed E-state index contributed by atoms with van der Waals surface area (Å²) in [6.07, 6.45) is 6.53. The highest BCUT2D eigenvalue weighted by Gasteiger charge is 2.12. The number of nitrogens with zero attached hydrogens (tertiary/aromatic N) is 1. The van der Waals surface area contributed by atoms with Crippen molar-refractivity contribution in [2.75, 3.05) is 47.6 Å². The molecule has 0 saturated heterocycles. The summed E-state index contributed by atoms with van der Waals surface area (Å²) >= 11 is 1.38. The molecule has 11 nitrogen and oxygen atoms in total. The Morgan fingerprint density at radius 2 is 1.80 bits per heavy atom. The van der Waals surface area contributed by atoms with E-state index in [-0.39, 0.29) is 23.9 Å². The van der Waals surface area contributed by atoms with Gasteiger partial charge < -0.3 is 30.2 Å². The number of allylic oxidation sites excluding steroid dienone is 1. The monoisotopic (exact) mass is 598 g/mol. The van der Waals surface area contributed by atoms with Gasteiger partial charge in [-0.25, -0.2) is 9.78 Å². The lowest BCUT2D eigenvalue weighted by Gasteiger charge is -2.18. The average Bonchev–Trinajstić information content (AvgIpc) is 3.42. The summed E-state index contributed by atoms with van der Waals surface area (Å²) in [5.41, 5.74) is 0.619. The summed E-state index contributed by atoms with van der Waals surface area (Å²) < 4.78 is 14.4. The largest absolute Gasteiger partial charge is 0.464 e. The second-order valence-corrected chi connectivity index (χ2v) is 10.2. The van der Waals surface area contributed by atoms with Gasteiger partial charge in [-0.3, -0.25) is 14.4 Å². The van der Waals surface area contributed by atoms with Gasteiger partial charge in [-0.15, -0.1) is 11.3 Å². The molecular weight excluding hydrogens is 548 g/mol. The molecule has 0 radical (unpaired) electrons. The molecule has 0 saturated carbocycles. The second kappa shape index (κ2) is 25.8. The molecule has 0 fully saturated rings. The Morgan fingerprint density at radius 3 is 2.27 bits per heavy atom.